The molecule has 6 nitrogen and oxygen atoms in total. The Hall–Kier alpha value is -1.43. The molecule has 0 saturated heterocycles. The van der Waals surface area contributed by atoms with E-state index in [1.807, 2.05) is 13.8 Å². The Morgan fingerprint density at radius 3 is 2.78 bits per heavy atom. The van der Waals surface area contributed by atoms with Crippen molar-refractivity contribution in [3.8, 4) is 0 Å². The molecule has 0 aromatic carbocycles. The van der Waals surface area contributed by atoms with Gasteiger partial charge in [0.05, 0.1) is 6.10 Å². The van der Waals surface area contributed by atoms with Crippen LogP contribution in [-0.4, -0.2) is 38.3 Å². The lowest BCUT2D eigenvalue weighted by atomic mass is 9.64. The Labute approximate surface area is 105 Å². The van der Waals surface area contributed by atoms with Crippen LogP contribution < -0.4 is 5.32 Å². The lowest BCUT2D eigenvalue weighted by molar-refractivity contribution is -0.0690. The summed E-state index contributed by atoms with van der Waals surface area (Å²) < 4.78 is 0. The van der Waals surface area contributed by atoms with Crippen LogP contribution in [0.2, 0.25) is 0 Å². The first-order chi connectivity index (χ1) is 8.48. The molecule has 1 aromatic heterocycles. The van der Waals surface area contributed by atoms with E-state index in [9.17, 15) is 9.90 Å². The van der Waals surface area contributed by atoms with Gasteiger partial charge in [0, 0.05) is 17.4 Å². The summed E-state index contributed by atoms with van der Waals surface area (Å²) in [6, 6.07) is -0.0112. The number of H-pyrrole nitrogens is 1. The molecule has 3 N–H and O–H groups in total. The molecule has 2 atom stereocenters. The molecule has 2 aliphatic carbocycles. The predicted molar refractivity (Wildman–Crippen MR) is 64.0 cm³/mol. The number of amides is 1. The van der Waals surface area contributed by atoms with Crippen LogP contribution >= 0.6 is 0 Å². The van der Waals surface area contributed by atoms with Crippen molar-refractivity contribution in [2.45, 2.75) is 51.2 Å². The Kier molecular flexibility index (Phi) is 2.45. The quantitative estimate of drug-likeness (QED) is 0.731. The van der Waals surface area contributed by atoms with E-state index < -0.39 is 0 Å². The maximum atomic E-state index is 12.0. The van der Waals surface area contributed by atoms with Crippen LogP contribution in [0.1, 0.15) is 55.5 Å². The Morgan fingerprint density at radius 1 is 1.50 bits per heavy atom. The number of carbonyl (C=O) groups is 1. The maximum absolute atomic E-state index is 12.0. The van der Waals surface area contributed by atoms with Crippen molar-refractivity contribution in [3.05, 3.63) is 11.6 Å². The fourth-order valence-corrected chi connectivity index (χ4v) is 2.29. The molecular weight excluding hydrogens is 232 g/mol. The summed E-state index contributed by atoms with van der Waals surface area (Å²) in [6.45, 7) is 3.89. The van der Waals surface area contributed by atoms with E-state index in [2.05, 4.69) is 20.5 Å². The number of carbonyl (C=O) groups excluding carboxylic acids is 1. The van der Waals surface area contributed by atoms with Gasteiger partial charge in [-0.1, -0.05) is 13.8 Å². The zero-order valence-electron chi connectivity index (χ0n) is 10.6. The molecule has 2 saturated carbocycles. The standard InChI is InChI=1S/C12H18N4O2/c1-12(2)7(5-8(12)17)13-11(18)10-14-9(15-16-10)6-3-4-6/h6-8,17H,3-5H2,1-2H3,(H,13,18)(H,14,15,16). The molecule has 98 valence electrons. The summed E-state index contributed by atoms with van der Waals surface area (Å²) in [7, 11) is 0. The molecule has 0 spiro atoms. The number of aromatic amines is 1. The molecule has 18 heavy (non-hydrogen) atoms. The van der Waals surface area contributed by atoms with E-state index in [-0.39, 0.29) is 29.3 Å². The van der Waals surface area contributed by atoms with Crippen molar-refractivity contribution in [1.82, 2.24) is 20.5 Å². The molecule has 3 rings (SSSR count). The van der Waals surface area contributed by atoms with Crippen LogP contribution in [-0.2, 0) is 0 Å². The number of rotatable bonds is 3. The zero-order valence-corrected chi connectivity index (χ0v) is 10.6. The summed E-state index contributed by atoms with van der Waals surface area (Å²) in [4.78, 5) is 16.2. The molecule has 1 heterocycles. The molecule has 1 aromatic rings. The number of aliphatic hydroxyl groups is 1. The second-order valence-electron chi connectivity index (χ2n) is 5.92. The maximum Gasteiger partial charge on any atom is 0.291 e. The van der Waals surface area contributed by atoms with E-state index in [1.54, 1.807) is 0 Å². The van der Waals surface area contributed by atoms with Crippen molar-refractivity contribution in [2.24, 2.45) is 5.41 Å². The van der Waals surface area contributed by atoms with Crippen molar-refractivity contribution >= 4 is 5.91 Å². The summed E-state index contributed by atoms with van der Waals surface area (Å²) in [5.41, 5.74) is -0.273. The van der Waals surface area contributed by atoms with E-state index >= 15 is 0 Å². The summed E-state index contributed by atoms with van der Waals surface area (Å²) in [5.74, 6) is 1.21. The van der Waals surface area contributed by atoms with Crippen LogP contribution in [0.5, 0.6) is 0 Å². The third kappa shape index (κ3) is 1.80. The first kappa shape index (κ1) is 11.6. The minimum absolute atomic E-state index is 0.0112. The van der Waals surface area contributed by atoms with E-state index in [0.717, 1.165) is 18.7 Å². The van der Waals surface area contributed by atoms with Gasteiger partial charge < -0.3 is 10.4 Å². The Morgan fingerprint density at radius 2 is 2.22 bits per heavy atom. The number of hydrogen-bond acceptors (Lipinski definition) is 4. The van der Waals surface area contributed by atoms with Gasteiger partial charge in [-0.05, 0) is 19.3 Å². The molecule has 1 amide bonds. The molecule has 0 aliphatic heterocycles. The predicted octanol–water partition coefficient (Wildman–Crippen LogP) is 0.571. The average molecular weight is 250 g/mol. The van der Waals surface area contributed by atoms with Crippen molar-refractivity contribution < 1.29 is 9.90 Å². The van der Waals surface area contributed by atoms with Gasteiger partial charge in [-0.3, -0.25) is 9.89 Å². The first-order valence-electron chi connectivity index (χ1n) is 6.39. The van der Waals surface area contributed by atoms with Gasteiger partial charge in [0.2, 0.25) is 5.82 Å². The third-order valence-electron chi connectivity index (χ3n) is 4.19. The molecule has 2 aliphatic rings. The highest BCUT2D eigenvalue weighted by molar-refractivity contribution is 5.90. The van der Waals surface area contributed by atoms with Gasteiger partial charge in [-0.15, -0.1) is 5.10 Å². The summed E-state index contributed by atoms with van der Waals surface area (Å²) in [5, 5.41) is 19.3. The van der Waals surface area contributed by atoms with Crippen LogP contribution in [0.15, 0.2) is 0 Å². The SMILES string of the molecule is CC1(C)C(O)CC1NC(=O)c1n[nH]c(C2CC2)n1. The van der Waals surface area contributed by atoms with Gasteiger partial charge >= 0.3 is 0 Å². The largest absolute Gasteiger partial charge is 0.392 e. The van der Waals surface area contributed by atoms with Crippen LogP contribution in [0.4, 0.5) is 0 Å². The fourth-order valence-electron chi connectivity index (χ4n) is 2.29. The van der Waals surface area contributed by atoms with Crippen molar-refractivity contribution in [2.75, 3.05) is 0 Å². The van der Waals surface area contributed by atoms with Crippen LogP contribution in [0.25, 0.3) is 0 Å². The monoisotopic (exact) mass is 250 g/mol. The van der Waals surface area contributed by atoms with Gasteiger partial charge in [0.25, 0.3) is 5.91 Å². The van der Waals surface area contributed by atoms with Gasteiger partial charge in [-0.25, -0.2) is 4.98 Å². The highest BCUT2D eigenvalue weighted by Gasteiger charge is 2.48. The van der Waals surface area contributed by atoms with Crippen molar-refractivity contribution in [1.29, 1.82) is 0 Å². The number of aromatic nitrogens is 3. The highest BCUT2D eigenvalue weighted by Crippen LogP contribution is 2.40. The van der Waals surface area contributed by atoms with Gasteiger partial charge in [-0.2, -0.15) is 0 Å². The van der Waals surface area contributed by atoms with E-state index in [0.29, 0.717) is 12.3 Å². The highest BCUT2D eigenvalue weighted by atomic mass is 16.3. The molecular formula is C12H18N4O2. The number of aliphatic hydroxyl groups excluding tert-OH is 1. The lowest BCUT2D eigenvalue weighted by Crippen LogP contribution is -2.61. The number of nitrogens with one attached hydrogen (secondary N) is 2. The molecule has 0 bridgehead atoms. The fraction of sp³-hybridized carbons (Fsp3) is 0.750. The third-order valence-corrected chi connectivity index (χ3v) is 4.19. The minimum atomic E-state index is -0.350. The summed E-state index contributed by atoms with van der Waals surface area (Å²) >= 11 is 0. The normalized spacial score (nSPS) is 29.7. The smallest absolute Gasteiger partial charge is 0.291 e. The van der Waals surface area contributed by atoms with Crippen LogP contribution in [0.3, 0.4) is 0 Å². The molecule has 0 radical (unpaired) electrons. The number of nitrogens with zero attached hydrogens (tertiary/aromatic N) is 2. The second kappa shape index (κ2) is 3.78. The van der Waals surface area contributed by atoms with E-state index in [4.69, 9.17) is 0 Å². The zero-order chi connectivity index (χ0) is 12.9. The lowest BCUT2D eigenvalue weighted by Gasteiger charge is -2.49. The molecule has 2 unspecified atom stereocenters. The second-order valence-corrected chi connectivity index (χ2v) is 5.92. The minimum Gasteiger partial charge on any atom is -0.392 e. The Balaban J connectivity index is 1.64. The van der Waals surface area contributed by atoms with Gasteiger partial charge in [0.15, 0.2) is 0 Å². The van der Waals surface area contributed by atoms with Gasteiger partial charge in [0.1, 0.15) is 5.82 Å². The van der Waals surface area contributed by atoms with E-state index in [1.165, 1.54) is 0 Å². The topological polar surface area (TPSA) is 90.9 Å². The number of hydrogen-bond donors (Lipinski definition) is 3. The van der Waals surface area contributed by atoms with Crippen molar-refractivity contribution in [3.63, 3.8) is 0 Å². The molecule has 6 heteroatoms. The first-order valence-corrected chi connectivity index (χ1v) is 6.39. The van der Waals surface area contributed by atoms with Crippen LogP contribution in [0, 0.1) is 5.41 Å². The molecule has 2 fully saturated rings. The summed E-state index contributed by atoms with van der Waals surface area (Å²) in [6.07, 6.45) is 2.49. The average Bonchev–Trinajstić information content (AvgIpc) is 3.06. The Bertz CT molecular complexity index is 478.